The topological polar surface area (TPSA) is 82.1 Å². The van der Waals surface area contributed by atoms with E-state index in [1.165, 1.54) is 4.90 Å². The van der Waals surface area contributed by atoms with Crippen molar-refractivity contribution in [2.75, 3.05) is 6.54 Å². The molecule has 1 atom stereocenters. The number of imidazole rings is 1. The SMILES string of the molecule is O=C(O)N1CCC[C@@H]1Cc1nc2c(cnc3cc(Br)ccc32)[nH]1. The third-order valence-electron chi connectivity index (χ3n) is 4.38. The maximum absolute atomic E-state index is 11.3. The predicted octanol–water partition coefficient (Wildman–Crippen LogP) is 3.56. The van der Waals surface area contributed by atoms with E-state index in [1.807, 2.05) is 18.2 Å². The third-order valence-corrected chi connectivity index (χ3v) is 4.87. The van der Waals surface area contributed by atoms with Crippen LogP contribution in [0.5, 0.6) is 0 Å². The molecule has 0 bridgehead atoms. The number of benzene rings is 1. The maximum Gasteiger partial charge on any atom is 0.407 e. The highest BCUT2D eigenvalue weighted by atomic mass is 79.9. The van der Waals surface area contributed by atoms with E-state index in [0.29, 0.717) is 13.0 Å². The number of nitrogens with one attached hydrogen (secondary N) is 1. The van der Waals surface area contributed by atoms with Crippen molar-refractivity contribution in [2.24, 2.45) is 0 Å². The Kier molecular flexibility index (Phi) is 3.45. The van der Waals surface area contributed by atoms with E-state index >= 15 is 0 Å². The predicted molar refractivity (Wildman–Crippen MR) is 90.6 cm³/mol. The van der Waals surface area contributed by atoms with Gasteiger partial charge in [-0.1, -0.05) is 15.9 Å². The smallest absolute Gasteiger partial charge is 0.407 e. The van der Waals surface area contributed by atoms with Gasteiger partial charge in [0.25, 0.3) is 0 Å². The number of nitrogens with zero attached hydrogens (tertiary/aromatic N) is 3. The fourth-order valence-corrected chi connectivity index (χ4v) is 3.65. The van der Waals surface area contributed by atoms with Crippen LogP contribution >= 0.6 is 15.9 Å². The Hall–Kier alpha value is -2.15. The molecule has 3 aromatic rings. The minimum absolute atomic E-state index is 0.00132. The van der Waals surface area contributed by atoms with E-state index in [0.717, 1.165) is 45.1 Å². The molecule has 1 aliphatic heterocycles. The van der Waals surface area contributed by atoms with E-state index in [2.05, 4.69) is 25.9 Å². The van der Waals surface area contributed by atoms with E-state index < -0.39 is 6.09 Å². The van der Waals surface area contributed by atoms with Gasteiger partial charge in [0.1, 0.15) is 5.82 Å². The summed E-state index contributed by atoms with van der Waals surface area (Å²) in [6, 6.07) is 5.94. The molecule has 4 rings (SSSR count). The zero-order valence-corrected chi connectivity index (χ0v) is 13.9. The number of fused-ring (bicyclic) bond motifs is 3. The van der Waals surface area contributed by atoms with Gasteiger partial charge in [-0.05, 0) is 31.0 Å². The van der Waals surface area contributed by atoms with E-state index in [9.17, 15) is 9.90 Å². The van der Waals surface area contributed by atoms with Crippen molar-refractivity contribution < 1.29 is 9.90 Å². The minimum atomic E-state index is -0.847. The molecule has 23 heavy (non-hydrogen) atoms. The minimum Gasteiger partial charge on any atom is -0.465 e. The van der Waals surface area contributed by atoms with Gasteiger partial charge in [-0.15, -0.1) is 0 Å². The highest BCUT2D eigenvalue weighted by Gasteiger charge is 2.29. The molecule has 2 N–H and O–H groups in total. The van der Waals surface area contributed by atoms with Gasteiger partial charge < -0.3 is 15.0 Å². The summed E-state index contributed by atoms with van der Waals surface area (Å²) in [5.74, 6) is 0.815. The number of rotatable bonds is 2. The van der Waals surface area contributed by atoms with Crippen molar-refractivity contribution in [1.29, 1.82) is 0 Å². The molecule has 7 heteroatoms. The largest absolute Gasteiger partial charge is 0.465 e. The second-order valence-corrected chi connectivity index (χ2v) is 6.76. The van der Waals surface area contributed by atoms with Gasteiger partial charge in [0.15, 0.2) is 0 Å². The molecule has 1 amide bonds. The molecule has 0 aliphatic carbocycles. The quantitative estimate of drug-likeness (QED) is 0.718. The number of pyridine rings is 1. The molecule has 0 saturated carbocycles. The average molecular weight is 375 g/mol. The summed E-state index contributed by atoms with van der Waals surface area (Å²) in [6.45, 7) is 0.610. The van der Waals surface area contributed by atoms with Crippen LogP contribution in [0.25, 0.3) is 21.9 Å². The summed E-state index contributed by atoms with van der Waals surface area (Å²) in [4.78, 5) is 25.2. The first-order valence-corrected chi connectivity index (χ1v) is 8.33. The number of hydrogen-bond donors (Lipinski definition) is 2. The molecule has 3 heterocycles. The van der Waals surface area contributed by atoms with E-state index in [-0.39, 0.29) is 6.04 Å². The molecule has 1 aromatic carbocycles. The van der Waals surface area contributed by atoms with Crippen molar-refractivity contribution in [3.63, 3.8) is 0 Å². The average Bonchev–Trinajstić information content (AvgIpc) is 3.13. The number of amides is 1. The Morgan fingerprint density at radius 3 is 3.17 bits per heavy atom. The number of aromatic nitrogens is 3. The fourth-order valence-electron chi connectivity index (χ4n) is 3.30. The molecule has 118 valence electrons. The lowest BCUT2D eigenvalue weighted by molar-refractivity contribution is 0.140. The highest BCUT2D eigenvalue weighted by molar-refractivity contribution is 9.10. The van der Waals surface area contributed by atoms with Crippen LogP contribution < -0.4 is 0 Å². The zero-order chi connectivity index (χ0) is 16.0. The maximum atomic E-state index is 11.3. The first kappa shape index (κ1) is 14.4. The van der Waals surface area contributed by atoms with Crippen molar-refractivity contribution >= 4 is 44.0 Å². The lowest BCUT2D eigenvalue weighted by Gasteiger charge is -2.20. The Morgan fingerprint density at radius 2 is 2.35 bits per heavy atom. The van der Waals surface area contributed by atoms with Crippen molar-refractivity contribution in [3.05, 3.63) is 34.7 Å². The number of likely N-dealkylation sites (tertiary alicyclic amines) is 1. The molecule has 0 unspecified atom stereocenters. The summed E-state index contributed by atoms with van der Waals surface area (Å²) in [5, 5.41) is 10.2. The lowest BCUT2D eigenvalue weighted by atomic mass is 10.1. The standard InChI is InChI=1S/C16H15BrN4O2/c17-9-3-4-11-12(6-9)18-8-13-15(11)20-14(19-13)7-10-2-1-5-21(10)16(22)23/h3-4,6,8,10H,1-2,5,7H2,(H,19,20)(H,22,23)/t10-/m1/s1. The van der Waals surface area contributed by atoms with Gasteiger partial charge in [-0.25, -0.2) is 9.78 Å². The number of carboxylic acid groups (broad SMARTS) is 1. The molecular formula is C16H15BrN4O2. The molecule has 2 aromatic heterocycles. The van der Waals surface area contributed by atoms with Crippen LogP contribution in [0.3, 0.4) is 0 Å². The Balaban J connectivity index is 1.71. The second kappa shape index (κ2) is 5.49. The van der Waals surface area contributed by atoms with Gasteiger partial charge in [0.05, 0.1) is 22.7 Å². The Bertz CT molecular complexity index is 908. The van der Waals surface area contributed by atoms with Crippen molar-refractivity contribution in [1.82, 2.24) is 19.9 Å². The molecular weight excluding hydrogens is 360 g/mol. The van der Waals surface area contributed by atoms with Crippen LogP contribution in [-0.2, 0) is 6.42 Å². The number of halogens is 1. The fraction of sp³-hybridized carbons (Fsp3) is 0.312. The van der Waals surface area contributed by atoms with Gasteiger partial charge in [-0.2, -0.15) is 0 Å². The second-order valence-electron chi connectivity index (χ2n) is 5.84. The Morgan fingerprint density at radius 1 is 1.48 bits per heavy atom. The summed E-state index contributed by atoms with van der Waals surface area (Å²) < 4.78 is 0.982. The van der Waals surface area contributed by atoms with Crippen LogP contribution in [-0.4, -0.2) is 43.6 Å². The van der Waals surface area contributed by atoms with Crippen LogP contribution in [0.15, 0.2) is 28.9 Å². The number of aromatic amines is 1. The molecule has 1 fully saturated rings. The first-order valence-electron chi connectivity index (χ1n) is 7.54. The van der Waals surface area contributed by atoms with Gasteiger partial charge in [0.2, 0.25) is 0 Å². The molecule has 0 spiro atoms. The van der Waals surface area contributed by atoms with Crippen LogP contribution in [0.2, 0.25) is 0 Å². The molecule has 6 nitrogen and oxygen atoms in total. The third kappa shape index (κ3) is 2.55. The summed E-state index contributed by atoms with van der Waals surface area (Å²) >= 11 is 3.45. The number of carbonyl (C=O) groups is 1. The highest BCUT2D eigenvalue weighted by Crippen LogP contribution is 2.26. The van der Waals surface area contributed by atoms with Gasteiger partial charge in [0, 0.05) is 28.9 Å². The summed E-state index contributed by atoms with van der Waals surface area (Å²) in [5.41, 5.74) is 2.66. The molecule has 1 aliphatic rings. The molecule has 1 saturated heterocycles. The van der Waals surface area contributed by atoms with Crippen LogP contribution in [0, 0.1) is 0 Å². The number of hydrogen-bond acceptors (Lipinski definition) is 3. The van der Waals surface area contributed by atoms with Crippen LogP contribution in [0.4, 0.5) is 4.79 Å². The first-order chi connectivity index (χ1) is 11.1. The van der Waals surface area contributed by atoms with Crippen molar-refractivity contribution in [2.45, 2.75) is 25.3 Å². The summed E-state index contributed by atoms with van der Waals surface area (Å²) in [6.07, 6.45) is 3.34. The Labute approximate surface area is 140 Å². The monoisotopic (exact) mass is 374 g/mol. The zero-order valence-electron chi connectivity index (χ0n) is 12.3. The van der Waals surface area contributed by atoms with E-state index in [1.54, 1.807) is 6.20 Å². The van der Waals surface area contributed by atoms with Gasteiger partial charge >= 0.3 is 6.09 Å². The van der Waals surface area contributed by atoms with Gasteiger partial charge in [-0.3, -0.25) is 4.98 Å². The van der Waals surface area contributed by atoms with Crippen molar-refractivity contribution in [3.8, 4) is 0 Å². The van der Waals surface area contributed by atoms with Crippen LogP contribution in [0.1, 0.15) is 18.7 Å². The lowest BCUT2D eigenvalue weighted by Crippen LogP contribution is -2.35. The normalized spacial score (nSPS) is 18.1. The van der Waals surface area contributed by atoms with E-state index in [4.69, 9.17) is 4.98 Å². The molecule has 0 radical (unpaired) electrons. The number of H-pyrrole nitrogens is 1. The summed E-state index contributed by atoms with van der Waals surface area (Å²) in [7, 11) is 0.